The number of hydrogen-bond acceptors (Lipinski definition) is 4. The summed E-state index contributed by atoms with van der Waals surface area (Å²) in [5.41, 5.74) is 2.06. The second-order valence-electron chi connectivity index (χ2n) is 6.98. The van der Waals surface area contributed by atoms with Crippen molar-refractivity contribution in [2.24, 2.45) is 0 Å². The summed E-state index contributed by atoms with van der Waals surface area (Å²) in [5.74, 6) is 0.982. The highest BCUT2D eigenvalue weighted by Gasteiger charge is 2.22. The Labute approximate surface area is 171 Å². The van der Waals surface area contributed by atoms with E-state index in [1.54, 1.807) is 11.8 Å². The molecule has 2 aromatic carbocycles. The maximum Gasteiger partial charge on any atom is 0.238 e. The van der Waals surface area contributed by atoms with Gasteiger partial charge >= 0.3 is 0 Å². The molecule has 0 bridgehead atoms. The Morgan fingerprint density at radius 1 is 0.964 bits per heavy atom. The van der Waals surface area contributed by atoms with Crippen molar-refractivity contribution in [3.8, 4) is 0 Å². The lowest BCUT2D eigenvalue weighted by Crippen LogP contribution is -2.50. The van der Waals surface area contributed by atoms with Crippen LogP contribution in [-0.4, -0.2) is 60.1 Å². The zero-order valence-corrected chi connectivity index (χ0v) is 17.1. The van der Waals surface area contributed by atoms with Crippen molar-refractivity contribution in [3.63, 3.8) is 0 Å². The molecule has 2 amide bonds. The van der Waals surface area contributed by atoms with Crippen LogP contribution in [0, 0.1) is 6.92 Å². The molecule has 1 aliphatic rings. The Morgan fingerprint density at radius 3 is 2.32 bits per heavy atom. The van der Waals surface area contributed by atoms with E-state index >= 15 is 0 Å². The van der Waals surface area contributed by atoms with Crippen molar-refractivity contribution in [1.29, 1.82) is 0 Å². The number of nitrogens with one attached hydrogen (secondary N) is 1. The minimum Gasteiger partial charge on any atom is -0.340 e. The van der Waals surface area contributed by atoms with Crippen LogP contribution in [0.15, 0.2) is 59.5 Å². The molecule has 0 spiro atoms. The Morgan fingerprint density at radius 2 is 1.64 bits per heavy atom. The monoisotopic (exact) mass is 397 g/mol. The lowest BCUT2D eigenvalue weighted by Gasteiger charge is -2.34. The van der Waals surface area contributed by atoms with Crippen LogP contribution >= 0.6 is 11.8 Å². The first-order valence-corrected chi connectivity index (χ1v) is 10.6. The molecule has 6 heteroatoms. The fourth-order valence-corrected chi connectivity index (χ4v) is 3.97. The average Bonchev–Trinajstić information content (AvgIpc) is 2.70. The van der Waals surface area contributed by atoms with Crippen LogP contribution < -0.4 is 5.32 Å². The molecule has 1 aliphatic heterocycles. The lowest BCUT2D eigenvalue weighted by molar-refractivity contribution is -0.132. The van der Waals surface area contributed by atoms with E-state index < -0.39 is 0 Å². The molecule has 0 saturated carbocycles. The normalized spacial score (nSPS) is 14.7. The molecule has 148 valence electrons. The number of hydrogen-bond donors (Lipinski definition) is 1. The highest BCUT2D eigenvalue weighted by Crippen LogP contribution is 2.19. The molecule has 0 radical (unpaired) electrons. The summed E-state index contributed by atoms with van der Waals surface area (Å²) in [6.45, 7) is 5.28. The average molecular weight is 398 g/mol. The molecule has 1 fully saturated rings. The molecule has 1 saturated heterocycles. The fraction of sp³-hybridized carbons (Fsp3) is 0.364. The maximum absolute atomic E-state index is 12.4. The zero-order chi connectivity index (χ0) is 19.8. The first-order valence-electron chi connectivity index (χ1n) is 9.64. The largest absolute Gasteiger partial charge is 0.340 e. The highest BCUT2D eigenvalue weighted by molar-refractivity contribution is 7.99. The quantitative estimate of drug-likeness (QED) is 0.729. The third kappa shape index (κ3) is 6.39. The van der Waals surface area contributed by atoms with Crippen LogP contribution in [0.5, 0.6) is 0 Å². The van der Waals surface area contributed by atoms with Crippen LogP contribution in [0.3, 0.4) is 0 Å². The van der Waals surface area contributed by atoms with E-state index in [9.17, 15) is 9.59 Å². The minimum atomic E-state index is -0.0134. The first-order chi connectivity index (χ1) is 13.6. The van der Waals surface area contributed by atoms with Crippen molar-refractivity contribution >= 4 is 29.3 Å². The number of nitrogens with zero attached hydrogens (tertiary/aromatic N) is 2. The molecule has 3 rings (SSSR count). The Hall–Kier alpha value is -2.31. The summed E-state index contributed by atoms with van der Waals surface area (Å²) in [5, 5.41) is 2.91. The molecule has 0 aromatic heterocycles. The van der Waals surface area contributed by atoms with Crippen molar-refractivity contribution < 1.29 is 9.59 Å². The lowest BCUT2D eigenvalue weighted by atomic mass is 10.2. The van der Waals surface area contributed by atoms with Gasteiger partial charge in [0.1, 0.15) is 0 Å². The van der Waals surface area contributed by atoms with Gasteiger partial charge in [0, 0.05) is 48.9 Å². The van der Waals surface area contributed by atoms with E-state index in [-0.39, 0.29) is 11.8 Å². The second-order valence-corrected chi connectivity index (χ2v) is 8.15. The Bertz CT molecular complexity index is 772. The summed E-state index contributed by atoms with van der Waals surface area (Å²) in [6.07, 6.45) is 0.549. The van der Waals surface area contributed by atoms with Gasteiger partial charge in [-0.2, -0.15) is 0 Å². The number of thioether (sulfide) groups is 1. The van der Waals surface area contributed by atoms with E-state index in [0.717, 1.165) is 24.5 Å². The van der Waals surface area contributed by atoms with Crippen molar-refractivity contribution in [2.45, 2.75) is 18.2 Å². The molecule has 5 nitrogen and oxygen atoms in total. The van der Waals surface area contributed by atoms with Crippen molar-refractivity contribution in [1.82, 2.24) is 9.80 Å². The van der Waals surface area contributed by atoms with Gasteiger partial charge < -0.3 is 10.2 Å². The third-order valence-corrected chi connectivity index (χ3v) is 5.77. The third-order valence-electron chi connectivity index (χ3n) is 4.76. The van der Waals surface area contributed by atoms with Crippen LogP contribution in [0.25, 0.3) is 0 Å². The summed E-state index contributed by atoms with van der Waals surface area (Å²) in [6, 6.07) is 17.9. The Kier molecular flexibility index (Phi) is 7.51. The molecule has 1 N–H and O–H groups in total. The fourth-order valence-electron chi connectivity index (χ4n) is 3.13. The molecule has 0 unspecified atom stereocenters. The summed E-state index contributed by atoms with van der Waals surface area (Å²) >= 11 is 1.72. The highest BCUT2D eigenvalue weighted by atomic mass is 32.2. The first kappa shape index (κ1) is 20.4. The number of para-hydroxylation sites is 1. The van der Waals surface area contributed by atoms with Crippen LogP contribution in [0.1, 0.15) is 12.0 Å². The van der Waals surface area contributed by atoms with Crippen molar-refractivity contribution in [2.75, 3.05) is 43.8 Å². The number of amides is 2. The van der Waals surface area contributed by atoms with E-state index in [2.05, 4.69) is 41.4 Å². The van der Waals surface area contributed by atoms with Gasteiger partial charge in [-0.1, -0.05) is 35.9 Å². The van der Waals surface area contributed by atoms with Gasteiger partial charge in [-0.05, 0) is 31.2 Å². The van der Waals surface area contributed by atoms with Gasteiger partial charge in [0.15, 0.2) is 0 Å². The van der Waals surface area contributed by atoms with Gasteiger partial charge in [-0.3, -0.25) is 14.5 Å². The summed E-state index contributed by atoms with van der Waals surface area (Å²) < 4.78 is 0. The predicted molar refractivity (Wildman–Crippen MR) is 115 cm³/mol. The van der Waals surface area contributed by atoms with Gasteiger partial charge in [-0.25, -0.2) is 0 Å². The van der Waals surface area contributed by atoms with E-state index in [1.807, 2.05) is 35.2 Å². The van der Waals surface area contributed by atoms with E-state index in [4.69, 9.17) is 0 Å². The molecule has 1 heterocycles. The van der Waals surface area contributed by atoms with Crippen LogP contribution in [0.2, 0.25) is 0 Å². The van der Waals surface area contributed by atoms with Crippen LogP contribution in [0.4, 0.5) is 5.69 Å². The molecule has 2 aromatic rings. The Balaban J connectivity index is 1.34. The van der Waals surface area contributed by atoms with Crippen molar-refractivity contribution in [3.05, 3.63) is 60.2 Å². The topological polar surface area (TPSA) is 52.7 Å². The molecule has 0 atom stereocenters. The van der Waals surface area contributed by atoms with E-state index in [1.165, 1.54) is 10.5 Å². The SMILES string of the molecule is Cc1ccc(SCCC(=O)N2CCN(CC(=O)Nc3ccccc3)CC2)cc1. The molecule has 0 aliphatic carbocycles. The number of benzene rings is 2. The second kappa shape index (κ2) is 10.3. The standard InChI is InChI=1S/C22H27N3O2S/c1-18-7-9-20(10-8-18)28-16-11-22(27)25-14-12-24(13-15-25)17-21(26)23-19-5-3-2-4-6-19/h2-10H,11-17H2,1H3,(H,23,26). The van der Waals surface area contributed by atoms with Gasteiger partial charge in [0.2, 0.25) is 11.8 Å². The maximum atomic E-state index is 12.4. The van der Waals surface area contributed by atoms with Crippen LogP contribution in [-0.2, 0) is 9.59 Å². The number of aryl methyl sites for hydroxylation is 1. The smallest absolute Gasteiger partial charge is 0.238 e. The number of carbonyl (C=O) groups is 2. The van der Waals surface area contributed by atoms with Gasteiger partial charge in [0.25, 0.3) is 0 Å². The minimum absolute atomic E-state index is 0.0134. The molecular formula is C22H27N3O2S. The van der Waals surface area contributed by atoms with Gasteiger partial charge in [-0.15, -0.1) is 11.8 Å². The molecular weight excluding hydrogens is 370 g/mol. The van der Waals surface area contributed by atoms with E-state index in [0.29, 0.717) is 26.1 Å². The predicted octanol–water partition coefficient (Wildman–Crippen LogP) is 3.26. The summed E-state index contributed by atoms with van der Waals surface area (Å²) in [7, 11) is 0. The van der Waals surface area contributed by atoms with Gasteiger partial charge in [0.05, 0.1) is 6.54 Å². The number of piperazine rings is 1. The molecule has 28 heavy (non-hydrogen) atoms. The zero-order valence-electron chi connectivity index (χ0n) is 16.3. The number of anilines is 1. The number of rotatable bonds is 7. The summed E-state index contributed by atoms with van der Waals surface area (Å²) in [4.78, 5) is 29.8. The number of carbonyl (C=O) groups excluding carboxylic acids is 2.